The maximum Gasteiger partial charge on any atom is 0.139 e. The Labute approximate surface area is 102 Å². The van der Waals surface area contributed by atoms with Gasteiger partial charge in [-0.1, -0.05) is 0 Å². The van der Waals surface area contributed by atoms with Crippen molar-refractivity contribution in [3.05, 3.63) is 23.4 Å². The number of pyridine rings is 1. The highest BCUT2D eigenvalue weighted by atomic mass is 16.3. The minimum absolute atomic E-state index is 0.00630. The third-order valence-electron chi connectivity index (χ3n) is 2.39. The van der Waals surface area contributed by atoms with Crippen molar-refractivity contribution < 1.29 is 5.11 Å². The molecule has 0 amide bonds. The highest BCUT2D eigenvalue weighted by molar-refractivity contribution is 6.00. The van der Waals surface area contributed by atoms with Crippen molar-refractivity contribution in [2.45, 2.75) is 26.4 Å². The zero-order chi connectivity index (χ0) is 13.2. The van der Waals surface area contributed by atoms with Gasteiger partial charge in [0.05, 0.1) is 11.2 Å². The van der Waals surface area contributed by atoms with Gasteiger partial charge in [-0.3, -0.25) is 5.41 Å². The summed E-state index contributed by atoms with van der Waals surface area (Å²) in [5.74, 6) is 0.618. The Hall–Kier alpha value is -1.62. The topological polar surface area (TPSA) is 86.2 Å². The number of aryl methyl sites for hydroxylation is 1. The molecule has 1 heterocycles. The molecule has 0 bridgehead atoms. The van der Waals surface area contributed by atoms with Crippen molar-refractivity contribution in [1.29, 1.82) is 5.41 Å². The van der Waals surface area contributed by atoms with E-state index >= 15 is 0 Å². The molecule has 5 heteroatoms. The maximum absolute atomic E-state index is 9.79. The molecule has 0 radical (unpaired) electrons. The second-order valence-electron chi connectivity index (χ2n) is 4.91. The molecule has 17 heavy (non-hydrogen) atoms. The van der Waals surface area contributed by atoms with Crippen molar-refractivity contribution in [2.75, 3.05) is 18.5 Å². The molecule has 0 saturated carbocycles. The molecule has 0 spiro atoms. The zero-order valence-electron chi connectivity index (χ0n) is 10.8. The summed E-state index contributed by atoms with van der Waals surface area (Å²) in [6.07, 6.45) is 1.68. The fraction of sp³-hybridized carbons (Fsp3) is 0.500. The van der Waals surface area contributed by atoms with E-state index in [2.05, 4.69) is 4.98 Å². The Kier molecular flexibility index (Phi) is 3.72. The first-order valence-corrected chi connectivity index (χ1v) is 5.46. The summed E-state index contributed by atoms with van der Waals surface area (Å²) in [6, 6.07) is 1.82. The standard InChI is InChI=1S/C12H20N4O/c1-8-5-6-15-11(9(8)10(13)14)16(4)7-12(2,3)17/h5-6,17H,7H2,1-4H3,(H3,13,14). The number of rotatable bonds is 4. The Bertz CT molecular complexity index is 423. The minimum atomic E-state index is -0.825. The Balaban J connectivity index is 3.13. The van der Waals surface area contributed by atoms with Crippen molar-refractivity contribution in [3.63, 3.8) is 0 Å². The number of aliphatic hydroxyl groups is 1. The molecule has 0 aliphatic carbocycles. The lowest BCUT2D eigenvalue weighted by molar-refractivity contribution is 0.0884. The predicted molar refractivity (Wildman–Crippen MR) is 69.6 cm³/mol. The van der Waals surface area contributed by atoms with Gasteiger partial charge in [0.1, 0.15) is 11.7 Å². The molecule has 0 atom stereocenters. The SMILES string of the molecule is Cc1ccnc(N(C)CC(C)(C)O)c1C(=N)N. The monoisotopic (exact) mass is 236 g/mol. The number of aromatic nitrogens is 1. The second-order valence-corrected chi connectivity index (χ2v) is 4.91. The Morgan fingerprint density at radius 3 is 2.65 bits per heavy atom. The number of hydrogen-bond donors (Lipinski definition) is 3. The lowest BCUT2D eigenvalue weighted by Gasteiger charge is -2.28. The molecule has 5 nitrogen and oxygen atoms in total. The van der Waals surface area contributed by atoms with Crippen molar-refractivity contribution in [3.8, 4) is 0 Å². The van der Waals surface area contributed by atoms with Crippen molar-refractivity contribution in [1.82, 2.24) is 4.98 Å². The number of likely N-dealkylation sites (N-methyl/N-ethyl adjacent to an activating group) is 1. The smallest absolute Gasteiger partial charge is 0.139 e. The van der Waals surface area contributed by atoms with E-state index in [0.717, 1.165) is 5.56 Å². The maximum atomic E-state index is 9.79. The van der Waals surface area contributed by atoms with Crippen LogP contribution in [0.25, 0.3) is 0 Å². The zero-order valence-corrected chi connectivity index (χ0v) is 10.8. The van der Waals surface area contributed by atoms with E-state index in [0.29, 0.717) is 17.9 Å². The van der Waals surface area contributed by atoms with Crippen LogP contribution in [-0.2, 0) is 0 Å². The normalized spacial score (nSPS) is 11.4. The van der Waals surface area contributed by atoms with E-state index in [-0.39, 0.29) is 5.84 Å². The van der Waals surface area contributed by atoms with Crippen molar-refractivity contribution >= 4 is 11.7 Å². The number of nitrogen functional groups attached to an aromatic ring is 1. The molecule has 0 aliphatic heterocycles. The van der Waals surface area contributed by atoms with E-state index in [4.69, 9.17) is 11.1 Å². The molecule has 0 aromatic carbocycles. The van der Waals surface area contributed by atoms with Crippen molar-refractivity contribution in [2.24, 2.45) is 5.73 Å². The van der Waals surface area contributed by atoms with Gasteiger partial charge in [0.25, 0.3) is 0 Å². The van der Waals surface area contributed by atoms with Crippen LogP contribution in [0, 0.1) is 12.3 Å². The van der Waals surface area contributed by atoms with Crippen LogP contribution in [0.5, 0.6) is 0 Å². The van der Waals surface area contributed by atoms with Gasteiger partial charge in [-0.25, -0.2) is 4.98 Å². The minimum Gasteiger partial charge on any atom is -0.389 e. The van der Waals surface area contributed by atoms with Gasteiger partial charge >= 0.3 is 0 Å². The van der Waals surface area contributed by atoms with Crippen LogP contribution in [-0.4, -0.2) is 35.1 Å². The summed E-state index contributed by atoms with van der Waals surface area (Å²) in [5, 5.41) is 17.4. The first kappa shape index (κ1) is 13.4. The van der Waals surface area contributed by atoms with Gasteiger partial charge in [-0.05, 0) is 32.4 Å². The summed E-state index contributed by atoms with van der Waals surface area (Å²) in [6.45, 7) is 5.77. The highest BCUT2D eigenvalue weighted by Crippen LogP contribution is 2.20. The molecular formula is C12H20N4O. The molecule has 0 fully saturated rings. The van der Waals surface area contributed by atoms with E-state index in [1.807, 2.05) is 24.9 Å². The van der Waals surface area contributed by atoms with Gasteiger partial charge in [-0.15, -0.1) is 0 Å². The first-order chi connectivity index (χ1) is 7.72. The van der Waals surface area contributed by atoms with E-state index in [1.54, 1.807) is 20.0 Å². The van der Waals surface area contributed by atoms with E-state index in [9.17, 15) is 5.11 Å². The highest BCUT2D eigenvalue weighted by Gasteiger charge is 2.20. The average molecular weight is 236 g/mol. The van der Waals surface area contributed by atoms with Gasteiger partial charge in [0.2, 0.25) is 0 Å². The molecule has 1 aromatic heterocycles. The summed E-state index contributed by atoms with van der Waals surface area (Å²) in [7, 11) is 1.83. The molecule has 1 rings (SSSR count). The van der Waals surface area contributed by atoms with Gasteiger partial charge in [-0.2, -0.15) is 0 Å². The molecule has 94 valence electrons. The van der Waals surface area contributed by atoms with E-state index in [1.165, 1.54) is 0 Å². The largest absolute Gasteiger partial charge is 0.389 e. The molecule has 1 aromatic rings. The average Bonchev–Trinajstić information content (AvgIpc) is 2.13. The van der Waals surface area contributed by atoms with Crippen LogP contribution < -0.4 is 10.6 Å². The molecule has 0 aliphatic rings. The number of anilines is 1. The van der Waals surface area contributed by atoms with Gasteiger partial charge in [0.15, 0.2) is 0 Å². The van der Waals surface area contributed by atoms with Crippen LogP contribution in [0.2, 0.25) is 0 Å². The fourth-order valence-electron chi connectivity index (χ4n) is 1.82. The fourth-order valence-corrected chi connectivity index (χ4v) is 1.82. The summed E-state index contributed by atoms with van der Waals surface area (Å²) < 4.78 is 0. The van der Waals surface area contributed by atoms with Crippen LogP contribution in [0.1, 0.15) is 25.0 Å². The van der Waals surface area contributed by atoms with Crippen LogP contribution in [0.15, 0.2) is 12.3 Å². The number of nitrogens with zero attached hydrogens (tertiary/aromatic N) is 2. The molecule has 0 saturated heterocycles. The first-order valence-electron chi connectivity index (χ1n) is 5.46. The number of amidine groups is 1. The molecule has 0 unspecified atom stereocenters. The van der Waals surface area contributed by atoms with Crippen LogP contribution in [0.3, 0.4) is 0 Å². The summed E-state index contributed by atoms with van der Waals surface area (Å²) in [4.78, 5) is 6.05. The van der Waals surface area contributed by atoms with E-state index < -0.39 is 5.60 Å². The Morgan fingerprint density at radius 1 is 1.59 bits per heavy atom. The molecular weight excluding hydrogens is 216 g/mol. The van der Waals surface area contributed by atoms with Gasteiger partial charge < -0.3 is 15.7 Å². The lowest BCUT2D eigenvalue weighted by Crippen LogP contribution is -2.37. The predicted octanol–water partition coefficient (Wildman–Crippen LogP) is 0.881. The third kappa shape index (κ3) is 3.42. The lowest BCUT2D eigenvalue weighted by atomic mass is 10.1. The molecule has 4 N–H and O–H groups in total. The quantitative estimate of drug-likeness (QED) is 0.535. The van der Waals surface area contributed by atoms with Crippen LogP contribution >= 0.6 is 0 Å². The number of hydrogen-bond acceptors (Lipinski definition) is 4. The van der Waals surface area contributed by atoms with Crippen LogP contribution in [0.4, 0.5) is 5.82 Å². The number of nitrogens with one attached hydrogen (secondary N) is 1. The third-order valence-corrected chi connectivity index (χ3v) is 2.39. The summed E-state index contributed by atoms with van der Waals surface area (Å²) >= 11 is 0. The second kappa shape index (κ2) is 4.71. The summed E-state index contributed by atoms with van der Waals surface area (Å²) in [5.41, 5.74) is 6.28. The Morgan fingerprint density at radius 2 is 2.18 bits per heavy atom. The number of nitrogens with two attached hydrogens (primary N) is 1. The van der Waals surface area contributed by atoms with Gasteiger partial charge in [0, 0.05) is 19.8 Å².